The minimum Gasteiger partial charge on any atom is -0.445 e. The quantitative estimate of drug-likeness (QED) is 0.868. The van der Waals surface area contributed by atoms with Gasteiger partial charge >= 0.3 is 6.09 Å². The van der Waals surface area contributed by atoms with E-state index in [2.05, 4.69) is 10.2 Å². The third-order valence-electron chi connectivity index (χ3n) is 6.45. The van der Waals surface area contributed by atoms with Gasteiger partial charge in [-0.05, 0) is 69.7 Å². The van der Waals surface area contributed by atoms with Gasteiger partial charge < -0.3 is 4.74 Å². The highest BCUT2D eigenvalue weighted by Crippen LogP contribution is 2.44. The summed E-state index contributed by atoms with van der Waals surface area (Å²) in [7, 11) is 0. The van der Waals surface area contributed by atoms with Gasteiger partial charge in [0.15, 0.2) is 0 Å². The second kappa shape index (κ2) is 7.77. The molecule has 4 rings (SSSR count). The van der Waals surface area contributed by atoms with Crippen molar-refractivity contribution in [2.75, 3.05) is 18.4 Å². The van der Waals surface area contributed by atoms with Crippen LogP contribution in [-0.4, -0.2) is 36.2 Å². The van der Waals surface area contributed by atoms with E-state index in [1.165, 1.54) is 64.5 Å². The largest absolute Gasteiger partial charge is 0.445 e. The number of benzene rings is 1. The first-order chi connectivity index (χ1) is 12.3. The predicted molar refractivity (Wildman–Crippen MR) is 99.6 cm³/mol. The first kappa shape index (κ1) is 16.9. The Morgan fingerprint density at radius 1 is 0.960 bits per heavy atom. The average Bonchev–Trinajstić information content (AvgIpc) is 2.63. The number of fused-ring (bicyclic) bond motifs is 2. The van der Waals surface area contributed by atoms with Gasteiger partial charge in [0, 0.05) is 17.6 Å². The Morgan fingerprint density at radius 2 is 1.76 bits per heavy atom. The number of likely N-dealkylation sites (tertiary alicyclic amines) is 1. The highest BCUT2D eigenvalue weighted by atomic mass is 16.6. The maximum Gasteiger partial charge on any atom is 0.411 e. The molecule has 2 aliphatic carbocycles. The second-order valence-electron chi connectivity index (χ2n) is 7.96. The van der Waals surface area contributed by atoms with Crippen LogP contribution in [-0.2, 0) is 4.74 Å². The number of carbonyl (C=O) groups is 1. The van der Waals surface area contributed by atoms with Crippen molar-refractivity contribution in [3.05, 3.63) is 30.3 Å². The normalized spacial score (nSPS) is 32.8. The number of rotatable bonds is 3. The summed E-state index contributed by atoms with van der Waals surface area (Å²) in [4.78, 5) is 15.1. The van der Waals surface area contributed by atoms with Gasteiger partial charge in [0.2, 0.25) is 0 Å². The first-order valence-corrected chi connectivity index (χ1v) is 10.1. The lowest BCUT2D eigenvalue weighted by atomic mass is 9.67. The number of anilines is 1. The number of nitrogens with zero attached hydrogens (tertiary/aromatic N) is 1. The fourth-order valence-corrected chi connectivity index (χ4v) is 5.29. The van der Waals surface area contributed by atoms with Gasteiger partial charge in [-0.2, -0.15) is 0 Å². The zero-order valence-corrected chi connectivity index (χ0v) is 15.0. The van der Waals surface area contributed by atoms with Gasteiger partial charge in [-0.1, -0.05) is 31.0 Å². The molecule has 1 aromatic carbocycles. The molecule has 2 bridgehead atoms. The smallest absolute Gasteiger partial charge is 0.411 e. The van der Waals surface area contributed by atoms with Crippen molar-refractivity contribution in [3.63, 3.8) is 0 Å². The highest BCUT2D eigenvalue weighted by molar-refractivity contribution is 5.84. The number of hydrogen-bond donors (Lipinski definition) is 1. The van der Waals surface area contributed by atoms with Crippen LogP contribution in [0.25, 0.3) is 0 Å². The van der Waals surface area contributed by atoms with E-state index in [0.29, 0.717) is 17.9 Å². The van der Waals surface area contributed by atoms with E-state index >= 15 is 0 Å². The van der Waals surface area contributed by atoms with E-state index < -0.39 is 0 Å². The number of ether oxygens (including phenoxy) is 1. The Bertz CT molecular complexity index is 571. The zero-order chi connectivity index (χ0) is 17.1. The molecule has 4 nitrogen and oxygen atoms in total. The molecule has 4 atom stereocenters. The van der Waals surface area contributed by atoms with Gasteiger partial charge in [-0.15, -0.1) is 0 Å². The van der Waals surface area contributed by atoms with Crippen molar-refractivity contribution in [3.8, 4) is 0 Å². The summed E-state index contributed by atoms with van der Waals surface area (Å²) in [6.45, 7) is 2.46. The van der Waals surface area contributed by atoms with Crippen LogP contribution >= 0.6 is 0 Å². The van der Waals surface area contributed by atoms with Gasteiger partial charge in [0.05, 0.1) is 0 Å². The number of hydrogen-bond acceptors (Lipinski definition) is 3. The number of para-hydroxylation sites is 1. The summed E-state index contributed by atoms with van der Waals surface area (Å²) >= 11 is 0. The van der Waals surface area contributed by atoms with E-state index in [1.807, 2.05) is 30.3 Å². The molecule has 3 fully saturated rings. The molecule has 0 spiro atoms. The van der Waals surface area contributed by atoms with E-state index in [1.54, 1.807) is 0 Å². The third kappa shape index (κ3) is 3.84. The molecule has 0 aromatic heterocycles. The maximum atomic E-state index is 12.4. The van der Waals surface area contributed by atoms with E-state index in [0.717, 1.165) is 5.69 Å². The molecular weight excluding hydrogens is 312 g/mol. The Labute approximate surface area is 150 Å². The Hall–Kier alpha value is -1.55. The molecule has 1 N–H and O–H groups in total. The lowest BCUT2D eigenvalue weighted by Crippen LogP contribution is -2.54. The lowest BCUT2D eigenvalue weighted by Gasteiger charge is -2.50. The third-order valence-corrected chi connectivity index (χ3v) is 6.45. The maximum absolute atomic E-state index is 12.4. The first-order valence-electron chi connectivity index (χ1n) is 10.1. The van der Waals surface area contributed by atoms with Crippen LogP contribution in [0.15, 0.2) is 30.3 Å². The van der Waals surface area contributed by atoms with Crippen molar-refractivity contribution in [1.82, 2.24) is 4.90 Å². The van der Waals surface area contributed by atoms with Crippen LogP contribution in [0.2, 0.25) is 0 Å². The fourth-order valence-electron chi connectivity index (χ4n) is 5.29. The highest BCUT2D eigenvalue weighted by Gasteiger charge is 2.46. The Balaban J connectivity index is 1.42. The van der Waals surface area contributed by atoms with Crippen LogP contribution in [0.1, 0.15) is 51.4 Å². The molecule has 3 aliphatic rings. The van der Waals surface area contributed by atoms with Gasteiger partial charge in [0.25, 0.3) is 0 Å². The van der Waals surface area contributed by atoms with Crippen LogP contribution in [0.4, 0.5) is 10.5 Å². The van der Waals surface area contributed by atoms with E-state index in [9.17, 15) is 4.79 Å². The van der Waals surface area contributed by atoms with Crippen LogP contribution < -0.4 is 5.32 Å². The van der Waals surface area contributed by atoms with Crippen molar-refractivity contribution in [2.24, 2.45) is 11.8 Å². The summed E-state index contributed by atoms with van der Waals surface area (Å²) in [6.07, 6.45) is 10.0. The van der Waals surface area contributed by atoms with Gasteiger partial charge in [0.1, 0.15) is 6.10 Å². The Kier molecular flexibility index (Phi) is 5.25. The summed E-state index contributed by atoms with van der Waals surface area (Å²) < 4.78 is 6.01. The molecule has 1 aliphatic heterocycles. The minimum atomic E-state index is -0.285. The standard InChI is InChI=1S/C21H30N2O2/c24-21(22-17-9-3-1-4-10-17)25-20-16-8-7-11-18(20)19(13-12-16)23-14-5-2-6-15-23/h1,3-4,9-10,16,18-20H,2,5-8,11-15H2,(H,22,24)/t16-,18+,19+,20-/m0/s1. The molecule has 1 amide bonds. The molecule has 1 aromatic rings. The van der Waals surface area contributed by atoms with Crippen LogP contribution in [0, 0.1) is 11.8 Å². The molecule has 4 heteroatoms. The molecule has 25 heavy (non-hydrogen) atoms. The van der Waals surface area contributed by atoms with Crippen LogP contribution in [0.5, 0.6) is 0 Å². The Morgan fingerprint density at radius 3 is 2.56 bits per heavy atom. The molecule has 1 saturated heterocycles. The molecule has 0 radical (unpaired) electrons. The van der Waals surface area contributed by atoms with Crippen molar-refractivity contribution < 1.29 is 9.53 Å². The van der Waals surface area contributed by atoms with Crippen molar-refractivity contribution in [2.45, 2.75) is 63.5 Å². The number of piperidine rings is 1. The fraction of sp³-hybridized carbons (Fsp3) is 0.667. The predicted octanol–water partition coefficient (Wildman–Crippen LogP) is 4.67. The van der Waals surface area contributed by atoms with E-state index in [4.69, 9.17) is 4.74 Å². The number of amides is 1. The average molecular weight is 342 g/mol. The van der Waals surface area contributed by atoms with Crippen molar-refractivity contribution in [1.29, 1.82) is 0 Å². The lowest BCUT2D eigenvalue weighted by molar-refractivity contribution is -0.0688. The topological polar surface area (TPSA) is 41.6 Å². The summed E-state index contributed by atoms with van der Waals surface area (Å²) in [5.74, 6) is 1.08. The van der Waals surface area contributed by atoms with Crippen LogP contribution in [0.3, 0.4) is 0 Å². The monoisotopic (exact) mass is 342 g/mol. The molecule has 0 unspecified atom stereocenters. The molecular formula is C21H30N2O2. The summed E-state index contributed by atoms with van der Waals surface area (Å²) in [6, 6.07) is 10.2. The van der Waals surface area contributed by atoms with Crippen molar-refractivity contribution >= 4 is 11.8 Å². The molecule has 2 saturated carbocycles. The van der Waals surface area contributed by atoms with Gasteiger partial charge in [-0.3, -0.25) is 10.2 Å². The molecule has 136 valence electrons. The van der Waals surface area contributed by atoms with Gasteiger partial charge in [-0.25, -0.2) is 4.79 Å². The molecule has 1 heterocycles. The van der Waals surface area contributed by atoms with E-state index in [-0.39, 0.29) is 12.2 Å². The minimum absolute atomic E-state index is 0.0955. The summed E-state index contributed by atoms with van der Waals surface area (Å²) in [5.41, 5.74) is 0.807. The zero-order valence-electron chi connectivity index (χ0n) is 15.0. The second-order valence-corrected chi connectivity index (χ2v) is 7.96. The summed E-state index contributed by atoms with van der Waals surface area (Å²) in [5, 5.41) is 2.90. The SMILES string of the molecule is O=C(Nc1ccccc1)O[C@H]1[C@H]2CCC[C@@H]1[C@H](N1CCCCC1)CC2. The number of nitrogens with one attached hydrogen (secondary N) is 1. The number of carbonyl (C=O) groups excluding carboxylic acids is 1.